The van der Waals surface area contributed by atoms with Crippen molar-refractivity contribution in [3.8, 4) is 10.6 Å². The van der Waals surface area contributed by atoms with Crippen LogP contribution in [-0.4, -0.2) is 14.8 Å². The Morgan fingerprint density at radius 3 is 3.00 bits per heavy atom. The second kappa shape index (κ2) is 3.74. The van der Waals surface area contributed by atoms with Gasteiger partial charge in [-0.2, -0.15) is 0 Å². The summed E-state index contributed by atoms with van der Waals surface area (Å²) in [6, 6.07) is 8.19. The molecule has 0 unspecified atom stereocenters. The third-order valence-electron chi connectivity index (χ3n) is 2.75. The molecule has 17 heavy (non-hydrogen) atoms. The number of H-pyrrole nitrogens is 2. The molecule has 0 aromatic heterocycles. The first-order valence-electron chi connectivity index (χ1n) is 5.15. The SMILES string of the molecule is Cn1c2c(N=N)[nH][nH]cc-2sc2ccccc21. The summed E-state index contributed by atoms with van der Waals surface area (Å²) in [5.74, 6) is 0.534. The van der Waals surface area contributed by atoms with Crippen LogP contribution in [0.25, 0.3) is 20.8 Å². The highest BCUT2D eigenvalue weighted by molar-refractivity contribution is 7.21. The second-order valence-corrected chi connectivity index (χ2v) is 4.80. The van der Waals surface area contributed by atoms with Gasteiger partial charge in [-0.1, -0.05) is 12.1 Å². The lowest BCUT2D eigenvalue weighted by Gasteiger charge is -2.15. The highest BCUT2D eigenvalue weighted by Gasteiger charge is 2.13. The van der Waals surface area contributed by atoms with Gasteiger partial charge in [0.05, 0.1) is 15.1 Å². The summed E-state index contributed by atoms with van der Waals surface area (Å²) < 4.78 is 3.26. The molecule has 2 aliphatic rings. The topological polar surface area (TPSA) is 72.7 Å². The lowest BCUT2D eigenvalue weighted by atomic mass is 10.3. The van der Waals surface area contributed by atoms with Crippen molar-refractivity contribution in [1.29, 1.82) is 5.53 Å². The minimum Gasteiger partial charge on any atom is -0.339 e. The highest BCUT2D eigenvalue weighted by Crippen LogP contribution is 2.36. The van der Waals surface area contributed by atoms with Crippen LogP contribution in [0.3, 0.4) is 0 Å². The van der Waals surface area contributed by atoms with E-state index in [1.807, 2.05) is 25.4 Å². The molecule has 2 heterocycles. The van der Waals surface area contributed by atoms with Gasteiger partial charge in [0.1, 0.15) is 5.69 Å². The zero-order chi connectivity index (χ0) is 11.8. The van der Waals surface area contributed by atoms with Crippen LogP contribution in [0.2, 0.25) is 0 Å². The first kappa shape index (κ1) is 10.1. The minimum atomic E-state index is 0.534. The zero-order valence-corrected chi connectivity index (χ0v) is 10.0. The highest BCUT2D eigenvalue weighted by atomic mass is 32.1. The molecule has 0 radical (unpaired) electrons. The summed E-state index contributed by atoms with van der Waals surface area (Å²) in [7, 11) is 1.99. The molecule has 2 aliphatic heterocycles. The van der Waals surface area contributed by atoms with Crippen molar-refractivity contribution < 1.29 is 0 Å². The molecule has 0 atom stereocenters. The lowest BCUT2D eigenvalue weighted by molar-refractivity contribution is 0.912. The number of para-hydroxylation sites is 1. The molecular formula is C11H11N5S. The molecule has 0 fully saturated rings. The maximum Gasteiger partial charge on any atom is 0.191 e. The van der Waals surface area contributed by atoms with Gasteiger partial charge >= 0.3 is 0 Å². The van der Waals surface area contributed by atoms with Gasteiger partial charge in [-0.25, -0.2) is 5.53 Å². The van der Waals surface area contributed by atoms with Gasteiger partial charge < -0.3 is 9.67 Å². The maximum atomic E-state index is 7.20. The predicted molar refractivity (Wildman–Crippen MR) is 68.6 cm³/mol. The van der Waals surface area contributed by atoms with Gasteiger partial charge in [-0.05, 0) is 12.1 Å². The van der Waals surface area contributed by atoms with E-state index < -0.39 is 0 Å². The van der Waals surface area contributed by atoms with E-state index in [-0.39, 0.29) is 0 Å². The Balaban J connectivity index is 2.55. The van der Waals surface area contributed by atoms with Crippen molar-refractivity contribution in [3.05, 3.63) is 30.5 Å². The largest absolute Gasteiger partial charge is 0.339 e. The van der Waals surface area contributed by atoms with Crippen molar-refractivity contribution >= 4 is 27.4 Å². The van der Waals surface area contributed by atoms with E-state index in [9.17, 15) is 0 Å². The van der Waals surface area contributed by atoms with Crippen LogP contribution < -0.4 is 0 Å². The first-order chi connectivity index (χ1) is 8.31. The summed E-state index contributed by atoms with van der Waals surface area (Å²) >= 11 is 1.68. The molecule has 6 heteroatoms. The molecule has 0 bridgehead atoms. The smallest absolute Gasteiger partial charge is 0.191 e. The standard InChI is InChI=1S/C11H11N5S/c1-16-7-4-2-3-5-8(7)17-9-6-13-15-11(14-12)10(9)16/h2-6,12-13,15H,1H3. The average molecular weight is 245 g/mol. The number of benzene rings is 1. The molecule has 0 aliphatic carbocycles. The van der Waals surface area contributed by atoms with Crippen LogP contribution in [0, 0.1) is 5.53 Å². The van der Waals surface area contributed by atoms with Gasteiger partial charge in [0.25, 0.3) is 0 Å². The fourth-order valence-electron chi connectivity index (χ4n) is 1.96. The Hall–Kier alpha value is -2.08. The Kier molecular flexibility index (Phi) is 2.22. The summed E-state index contributed by atoms with van der Waals surface area (Å²) in [6.45, 7) is 0. The Morgan fingerprint density at radius 2 is 2.18 bits per heavy atom. The lowest BCUT2D eigenvalue weighted by Crippen LogP contribution is -2.01. The van der Waals surface area contributed by atoms with Crippen molar-refractivity contribution in [2.45, 2.75) is 0 Å². The van der Waals surface area contributed by atoms with Crippen molar-refractivity contribution in [3.63, 3.8) is 0 Å². The van der Waals surface area contributed by atoms with Crippen LogP contribution >= 0.6 is 11.3 Å². The number of nitrogens with one attached hydrogen (secondary N) is 3. The van der Waals surface area contributed by atoms with E-state index in [0.717, 1.165) is 16.1 Å². The molecule has 0 saturated carbocycles. The van der Waals surface area contributed by atoms with Crippen LogP contribution in [0.1, 0.15) is 0 Å². The van der Waals surface area contributed by atoms with Gasteiger partial charge in [0.2, 0.25) is 0 Å². The third kappa shape index (κ3) is 1.45. The normalized spacial score (nSPS) is 10.9. The van der Waals surface area contributed by atoms with Gasteiger partial charge in [0, 0.05) is 13.2 Å². The summed E-state index contributed by atoms with van der Waals surface area (Å²) in [5, 5.41) is 9.29. The molecule has 3 N–H and O–H groups in total. The number of aryl methyl sites for hydroxylation is 1. The number of hydrogen-bond donors (Lipinski definition) is 3. The fraction of sp³-hybridized carbons (Fsp3) is 0.0909. The molecule has 0 spiro atoms. The Labute approximate surface area is 101 Å². The zero-order valence-electron chi connectivity index (χ0n) is 9.19. The third-order valence-corrected chi connectivity index (χ3v) is 3.84. The Bertz CT molecular complexity index is 697. The van der Waals surface area contributed by atoms with Crippen LogP contribution in [0.15, 0.2) is 35.6 Å². The molecule has 86 valence electrons. The minimum absolute atomic E-state index is 0.534. The number of aromatic nitrogens is 3. The van der Waals surface area contributed by atoms with E-state index >= 15 is 0 Å². The molecule has 1 aromatic rings. The van der Waals surface area contributed by atoms with Gasteiger partial charge in [-0.3, -0.25) is 5.10 Å². The number of hydrogen-bond acceptors (Lipinski definition) is 3. The van der Waals surface area contributed by atoms with Crippen molar-refractivity contribution in [1.82, 2.24) is 14.8 Å². The predicted octanol–water partition coefficient (Wildman–Crippen LogP) is 3.79. The van der Waals surface area contributed by atoms with E-state index in [0.29, 0.717) is 5.82 Å². The quantitative estimate of drug-likeness (QED) is 0.431. The van der Waals surface area contributed by atoms with E-state index in [1.54, 1.807) is 11.3 Å². The van der Waals surface area contributed by atoms with Crippen molar-refractivity contribution in [2.24, 2.45) is 12.2 Å². The summed E-state index contributed by atoms with van der Waals surface area (Å²) in [5.41, 5.74) is 9.26. The molecule has 5 nitrogen and oxygen atoms in total. The van der Waals surface area contributed by atoms with Crippen LogP contribution in [-0.2, 0) is 7.05 Å². The molecule has 1 aromatic carbocycles. The summed E-state index contributed by atoms with van der Waals surface area (Å²) in [6.07, 6.45) is 1.89. The number of aromatic amines is 2. The van der Waals surface area contributed by atoms with E-state index in [4.69, 9.17) is 5.53 Å². The number of nitrogens with zero attached hydrogens (tertiary/aromatic N) is 2. The van der Waals surface area contributed by atoms with E-state index in [1.165, 1.54) is 4.70 Å². The molecule has 3 rings (SSSR count). The van der Waals surface area contributed by atoms with Gasteiger partial charge in [-0.15, -0.1) is 16.5 Å². The first-order valence-corrected chi connectivity index (χ1v) is 5.97. The monoisotopic (exact) mass is 245 g/mol. The second-order valence-electron chi connectivity index (χ2n) is 3.72. The van der Waals surface area contributed by atoms with Crippen molar-refractivity contribution in [2.75, 3.05) is 0 Å². The molecule has 0 amide bonds. The Morgan fingerprint density at radius 1 is 1.35 bits per heavy atom. The summed E-state index contributed by atoms with van der Waals surface area (Å²) in [4.78, 5) is 1.07. The fourth-order valence-corrected chi connectivity index (χ4v) is 3.10. The average Bonchev–Trinajstić information content (AvgIpc) is 2.38. The molecular weight excluding hydrogens is 234 g/mol. The number of rotatable bonds is 1. The number of fused-ring (bicyclic) bond motifs is 2. The maximum absolute atomic E-state index is 7.20. The van der Waals surface area contributed by atoms with Gasteiger partial charge in [0.15, 0.2) is 5.82 Å². The molecule has 0 saturated heterocycles. The van der Waals surface area contributed by atoms with Crippen LogP contribution in [0.4, 0.5) is 5.82 Å². The van der Waals surface area contributed by atoms with E-state index in [2.05, 4.69) is 32.0 Å². The van der Waals surface area contributed by atoms with Crippen LogP contribution in [0.5, 0.6) is 0 Å².